The Hall–Kier alpha value is -2.75. The smallest absolute Gasteiger partial charge is 0.404 e. The van der Waals surface area contributed by atoms with Gasteiger partial charge in [-0.3, -0.25) is 24.2 Å². The Morgan fingerprint density at radius 1 is 0.900 bits per heavy atom. The molecule has 3 atom stereocenters. The van der Waals surface area contributed by atoms with Crippen LogP contribution in [0.4, 0.5) is 0 Å². The molecule has 0 heterocycles. The number of rotatable bonds is 20. The van der Waals surface area contributed by atoms with Crippen molar-refractivity contribution in [3.05, 3.63) is 29.8 Å². The molecule has 1 aromatic carbocycles. The molecule has 3 unspecified atom stereocenters. The van der Waals surface area contributed by atoms with Crippen LogP contribution in [-0.2, 0) is 30.2 Å². The molecule has 40 heavy (non-hydrogen) atoms. The normalized spacial score (nSPS) is 13.6. The van der Waals surface area contributed by atoms with Crippen molar-refractivity contribution in [2.75, 3.05) is 6.54 Å². The second kappa shape index (κ2) is 18.6. The molecule has 0 bridgehead atoms. The molecule has 12 heteroatoms. The number of carbonyl (C=O) groups excluding carboxylic acids is 4. The predicted octanol–water partition coefficient (Wildman–Crippen LogP) is 3.56. The molecule has 0 saturated heterocycles. The fourth-order valence-electron chi connectivity index (χ4n) is 4.02. The summed E-state index contributed by atoms with van der Waals surface area (Å²) in [6, 6.07) is 4.09. The van der Waals surface area contributed by atoms with Gasteiger partial charge in [-0.05, 0) is 49.8 Å². The van der Waals surface area contributed by atoms with Crippen LogP contribution >= 0.6 is 7.82 Å². The summed E-state index contributed by atoms with van der Waals surface area (Å²) in [5, 5.41) is 8.50. The highest BCUT2D eigenvalue weighted by atomic mass is 31.2. The predicted molar refractivity (Wildman–Crippen MR) is 152 cm³/mol. The number of amides is 3. The van der Waals surface area contributed by atoms with E-state index in [1.54, 1.807) is 19.1 Å². The maximum atomic E-state index is 13.4. The second-order valence-corrected chi connectivity index (χ2v) is 11.3. The van der Waals surface area contributed by atoms with Crippen LogP contribution in [0, 0.1) is 5.92 Å². The second-order valence-electron chi connectivity index (χ2n) is 10.2. The van der Waals surface area contributed by atoms with Crippen molar-refractivity contribution in [1.29, 1.82) is 0 Å². The molecular formula is C28H46N3O8P. The Morgan fingerprint density at radius 3 is 2.12 bits per heavy atom. The topological polar surface area (TPSA) is 171 Å². The highest BCUT2D eigenvalue weighted by molar-refractivity contribution is 7.46. The Morgan fingerprint density at radius 2 is 1.55 bits per heavy atom. The average molecular weight is 584 g/mol. The molecule has 11 nitrogen and oxygen atoms in total. The summed E-state index contributed by atoms with van der Waals surface area (Å²) in [5.74, 6) is -1.13. The first-order chi connectivity index (χ1) is 18.9. The summed E-state index contributed by atoms with van der Waals surface area (Å²) in [7, 11) is -4.71. The number of unbranched alkanes of at least 4 members (excludes halogenated alkanes) is 4. The van der Waals surface area contributed by atoms with Crippen molar-refractivity contribution in [2.45, 2.75) is 104 Å². The van der Waals surface area contributed by atoms with Gasteiger partial charge < -0.3 is 25.3 Å². The van der Waals surface area contributed by atoms with Crippen LogP contribution in [0.1, 0.15) is 91.0 Å². The zero-order valence-electron chi connectivity index (χ0n) is 24.1. The van der Waals surface area contributed by atoms with Gasteiger partial charge in [-0.25, -0.2) is 4.57 Å². The van der Waals surface area contributed by atoms with Crippen LogP contribution in [0.3, 0.4) is 0 Å². The molecule has 3 amide bonds. The Kier molecular flexibility index (Phi) is 16.4. The third-order valence-corrected chi connectivity index (χ3v) is 6.99. The Bertz CT molecular complexity index is 996. The van der Waals surface area contributed by atoms with E-state index < -0.39 is 25.8 Å². The summed E-state index contributed by atoms with van der Waals surface area (Å²) in [4.78, 5) is 68.1. The molecule has 0 fully saturated rings. The van der Waals surface area contributed by atoms with E-state index in [-0.39, 0.29) is 42.1 Å². The number of hydrogen-bond donors (Lipinski definition) is 5. The molecular weight excluding hydrogens is 537 g/mol. The third kappa shape index (κ3) is 15.1. The standard InChI is InChI=1S/C28H46N3O8P/c1-5-7-9-13-25(33)30-24(19-22-14-16-23(17-15-22)39-40(36,37)38)27(34)31-26(20(3)6-2)28(35)29-18-11-8-10-12-21(4)32/h14-17,20,24,26H,5-13,18-19H2,1-4H3,(H,29,35)(H,30,33)(H,31,34)(H2,36,37,38). The zero-order valence-corrected chi connectivity index (χ0v) is 25.0. The Balaban J connectivity index is 2.95. The minimum Gasteiger partial charge on any atom is -0.404 e. The van der Waals surface area contributed by atoms with Gasteiger partial charge in [0, 0.05) is 25.8 Å². The number of carbonyl (C=O) groups is 4. The maximum absolute atomic E-state index is 13.4. The minimum atomic E-state index is -4.71. The molecule has 0 aliphatic heterocycles. The quantitative estimate of drug-likeness (QED) is 0.115. The number of benzene rings is 1. The van der Waals surface area contributed by atoms with Crippen LogP contribution in [0.5, 0.6) is 5.75 Å². The van der Waals surface area contributed by atoms with Gasteiger partial charge in [-0.1, -0.05) is 58.6 Å². The lowest BCUT2D eigenvalue weighted by Gasteiger charge is -2.26. The van der Waals surface area contributed by atoms with Crippen LogP contribution in [-0.4, -0.2) is 51.9 Å². The van der Waals surface area contributed by atoms with E-state index in [2.05, 4.69) is 20.5 Å². The van der Waals surface area contributed by atoms with Crippen molar-refractivity contribution < 1.29 is 38.1 Å². The van der Waals surface area contributed by atoms with Gasteiger partial charge in [0.1, 0.15) is 23.6 Å². The maximum Gasteiger partial charge on any atom is 0.524 e. The van der Waals surface area contributed by atoms with Crippen molar-refractivity contribution in [1.82, 2.24) is 16.0 Å². The van der Waals surface area contributed by atoms with Gasteiger partial charge in [0.05, 0.1) is 0 Å². The van der Waals surface area contributed by atoms with E-state index in [9.17, 15) is 23.7 Å². The lowest BCUT2D eigenvalue weighted by molar-refractivity contribution is -0.133. The van der Waals surface area contributed by atoms with Crippen molar-refractivity contribution in [3.8, 4) is 5.75 Å². The summed E-state index contributed by atoms with van der Waals surface area (Å²) in [5.41, 5.74) is 0.627. The first kappa shape index (κ1) is 35.3. The van der Waals surface area contributed by atoms with Gasteiger partial charge in [0.2, 0.25) is 17.7 Å². The zero-order chi connectivity index (χ0) is 30.1. The fraction of sp³-hybridized carbons (Fsp3) is 0.643. The number of hydrogen-bond acceptors (Lipinski definition) is 6. The van der Waals surface area contributed by atoms with E-state index in [0.29, 0.717) is 31.4 Å². The van der Waals surface area contributed by atoms with Crippen molar-refractivity contribution in [2.24, 2.45) is 5.92 Å². The summed E-state index contributed by atoms with van der Waals surface area (Å²) < 4.78 is 15.7. The van der Waals surface area contributed by atoms with Gasteiger partial charge in [-0.2, -0.15) is 0 Å². The molecule has 0 aliphatic rings. The molecule has 226 valence electrons. The molecule has 0 aromatic heterocycles. The number of phosphoric ester groups is 1. The SMILES string of the molecule is CCCCCC(=O)NC(Cc1ccc(OP(=O)(O)O)cc1)C(=O)NC(C(=O)NCCCCCC(C)=O)C(C)CC. The summed E-state index contributed by atoms with van der Waals surface area (Å²) >= 11 is 0. The first-order valence-electron chi connectivity index (χ1n) is 14.1. The van der Waals surface area contributed by atoms with E-state index in [1.165, 1.54) is 12.1 Å². The van der Waals surface area contributed by atoms with Crippen LogP contribution < -0.4 is 20.5 Å². The van der Waals surface area contributed by atoms with Gasteiger partial charge >= 0.3 is 7.82 Å². The van der Waals surface area contributed by atoms with E-state index in [0.717, 1.165) is 32.1 Å². The number of nitrogens with one attached hydrogen (secondary N) is 3. The van der Waals surface area contributed by atoms with E-state index in [4.69, 9.17) is 9.79 Å². The summed E-state index contributed by atoms with van der Waals surface area (Å²) in [6.07, 6.45) is 6.36. The molecule has 0 spiro atoms. The molecule has 0 saturated carbocycles. The van der Waals surface area contributed by atoms with E-state index in [1.807, 2.05) is 20.8 Å². The average Bonchev–Trinajstić information content (AvgIpc) is 2.88. The van der Waals surface area contributed by atoms with Crippen molar-refractivity contribution >= 4 is 31.3 Å². The minimum absolute atomic E-state index is 0.0310. The van der Waals surface area contributed by atoms with Crippen LogP contribution in [0.25, 0.3) is 0 Å². The Labute approximate surface area is 237 Å². The molecule has 5 N–H and O–H groups in total. The van der Waals surface area contributed by atoms with Crippen molar-refractivity contribution in [3.63, 3.8) is 0 Å². The largest absolute Gasteiger partial charge is 0.524 e. The molecule has 0 radical (unpaired) electrons. The lowest BCUT2D eigenvalue weighted by Crippen LogP contribution is -2.56. The van der Waals surface area contributed by atoms with Crippen LogP contribution in [0.2, 0.25) is 0 Å². The number of Topliss-reactive ketones (excluding diaryl/α,β-unsaturated/α-hetero) is 1. The van der Waals surface area contributed by atoms with E-state index >= 15 is 0 Å². The van der Waals surface area contributed by atoms with Crippen LogP contribution in [0.15, 0.2) is 24.3 Å². The summed E-state index contributed by atoms with van der Waals surface area (Å²) in [6.45, 7) is 7.81. The third-order valence-electron chi connectivity index (χ3n) is 6.54. The molecule has 1 aromatic rings. The molecule has 1 rings (SSSR count). The van der Waals surface area contributed by atoms with Gasteiger partial charge in [0.25, 0.3) is 0 Å². The highest BCUT2D eigenvalue weighted by Gasteiger charge is 2.30. The molecule has 0 aliphatic carbocycles. The number of phosphoric acid groups is 1. The highest BCUT2D eigenvalue weighted by Crippen LogP contribution is 2.37. The monoisotopic (exact) mass is 583 g/mol. The van der Waals surface area contributed by atoms with Gasteiger partial charge in [0.15, 0.2) is 0 Å². The lowest BCUT2D eigenvalue weighted by atomic mass is 9.97. The first-order valence-corrected chi connectivity index (χ1v) is 15.6. The fourth-order valence-corrected chi connectivity index (χ4v) is 4.42. The number of ketones is 1. The van der Waals surface area contributed by atoms with Gasteiger partial charge in [-0.15, -0.1) is 0 Å².